The Morgan fingerprint density at radius 1 is 1.38 bits per heavy atom. The second-order valence-corrected chi connectivity index (χ2v) is 3.53. The van der Waals surface area contributed by atoms with E-state index < -0.39 is 0 Å². The molecule has 1 aromatic heterocycles. The molecule has 0 aliphatic heterocycles. The van der Waals surface area contributed by atoms with E-state index in [4.69, 9.17) is 9.52 Å². The normalized spacial score (nSPS) is 11.5. The van der Waals surface area contributed by atoms with Crippen LogP contribution in [-0.4, -0.2) is 23.1 Å². The number of aliphatic hydroxyl groups excluding tert-OH is 1. The van der Waals surface area contributed by atoms with E-state index in [-0.39, 0.29) is 6.61 Å². The van der Waals surface area contributed by atoms with E-state index in [9.17, 15) is 0 Å². The van der Waals surface area contributed by atoms with Crippen molar-refractivity contribution in [2.75, 3.05) is 7.05 Å². The monoisotopic (exact) mass is 183 g/mol. The Hall–Kier alpha value is -0.800. The zero-order chi connectivity index (χ0) is 9.84. The van der Waals surface area contributed by atoms with Gasteiger partial charge in [-0.1, -0.05) is 0 Å². The first-order valence-corrected chi connectivity index (χ1v) is 4.52. The third kappa shape index (κ3) is 2.86. The summed E-state index contributed by atoms with van der Waals surface area (Å²) >= 11 is 0. The van der Waals surface area contributed by atoms with Crippen molar-refractivity contribution in [1.82, 2.24) is 4.90 Å². The van der Waals surface area contributed by atoms with Crippen molar-refractivity contribution in [3.05, 3.63) is 23.7 Å². The summed E-state index contributed by atoms with van der Waals surface area (Å²) in [6.45, 7) is 5.04. The average molecular weight is 183 g/mol. The number of rotatable bonds is 4. The maximum Gasteiger partial charge on any atom is 0.129 e. The van der Waals surface area contributed by atoms with Gasteiger partial charge in [0, 0.05) is 6.04 Å². The van der Waals surface area contributed by atoms with Crippen LogP contribution in [0.1, 0.15) is 25.4 Å². The van der Waals surface area contributed by atoms with Gasteiger partial charge in [0.25, 0.3) is 0 Å². The molecule has 1 aromatic rings. The first-order valence-electron chi connectivity index (χ1n) is 4.52. The Morgan fingerprint density at radius 3 is 2.46 bits per heavy atom. The first-order chi connectivity index (χ1) is 6.13. The summed E-state index contributed by atoms with van der Waals surface area (Å²) in [7, 11) is 2.05. The van der Waals surface area contributed by atoms with Gasteiger partial charge < -0.3 is 9.52 Å². The van der Waals surface area contributed by atoms with Gasteiger partial charge in [0.2, 0.25) is 0 Å². The Kier molecular flexibility index (Phi) is 3.51. The molecular weight excluding hydrogens is 166 g/mol. The molecule has 0 fully saturated rings. The molecule has 74 valence electrons. The van der Waals surface area contributed by atoms with Crippen molar-refractivity contribution in [2.45, 2.75) is 33.0 Å². The Labute approximate surface area is 79.0 Å². The zero-order valence-corrected chi connectivity index (χ0v) is 8.45. The molecule has 3 nitrogen and oxygen atoms in total. The highest BCUT2D eigenvalue weighted by atomic mass is 16.4. The smallest absolute Gasteiger partial charge is 0.129 e. The minimum atomic E-state index is -0.0224. The molecule has 1 N–H and O–H groups in total. The predicted molar refractivity (Wildman–Crippen MR) is 51.2 cm³/mol. The molecule has 1 rings (SSSR count). The highest BCUT2D eigenvalue weighted by Crippen LogP contribution is 2.10. The molecule has 3 heteroatoms. The molecule has 0 unspecified atom stereocenters. The average Bonchev–Trinajstić information content (AvgIpc) is 2.52. The van der Waals surface area contributed by atoms with Gasteiger partial charge in [0.1, 0.15) is 18.1 Å². The van der Waals surface area contributed by atoms with Crippen LogP contribution in [0, 0.1) is 0 Å². The van der Waals surface area contributed by atoms with Crippen LogP contribution in [0.2, 0.25) is 0 Å². The minimum Gasteiger partial charge on any atom is -0.462 e. The van der Waals surface area contributed by atoms with E-state index in [1.54, 1.807) is 0 Å². The van der Waals surface area contributed by atoms with Crippen LogP contribution in [0.4, 0.5) is 0 Å². The second-order valence-electron chi connectivity index (χ2n) is 3.53. The van der Waals surface area contributed by atoms with E-state index >= 15 is 0 Å². The Morgan fingerprint density at radius 2 is 2.00 bits per heavy atom. The lowest BCUT2D eigenvalue weighted by Crippen LogP contribution is -2.25. The third-order valence-corrected chi connectivity index (χ3v) is 2.16. The van der Waals surface area contributed by atoms with Crippen molar-refractivity contribution in [1.29, 1.82) is 0 Å². The maximum atomic E-state index is 8.79. The van der Waals surface area contributed by atoms with Gasteiger partial charge in [-0.25, -0.2) is 0 Å². The van der Waals surface area contributed by atoms with Gasteiger partial charge in [0.15, 0.2) is 0 Å². The molecular formula is C10H17NO2. The number of aliphatic hydroxyl groups is 1. The summed E-state index contributed by atoms with van der Waals surface area (Å²) in [6, 6.07) is 4.22. The van der Waals surface area contributed by atoms with Crippen LogP contribution in [-0.2, 0) is 13.2 Å². The van der Waals surface area contributed by atoms with Gasteiger partial charge in [-0.3, -0.25) is 4.90 Å². The van der Waals surface area contributed by atoms with Crippen molar-refractivity contribution in [2.24, 2.45) is 0 Å². The van der Waals surface area contributed by atoms with Crippen molar-refractivity contribution in [3.8, 4) is 0 Å². The molecule has 0 atom stereocenters. The fraction of sp³-hybridized carbons (Fsp3) is 0.600. The summed E-state index contributed by atoms with van der Waals surface area (Å²) < 4.78 is 5.36. The van der Waals surface area contributed by atoms with Gasteiger partial charge in [-0.05, 0) is 33.0 Å². The van der Waals surface area contributed by atoms with Crippen molar-refractivity contribution >= 4 is 0 Å². The van der Waals surface area contributed by atoms with Crippen LogP contribution in [0.15, 0.2) is 16.5 Å². The molecule has 0 bridgehead atoms. The molecule has 0 aliphatic rings. The summed E-state index contributed by atoms with van der Waals surface area (Å²) in [5.41, 5.74) is 0. The number of hydrogen-bond acceptors (Lipinski definition) is 3. The van der Waals surface area contributed by atoms with Gasteiger partial charge in [-0.2, -0.15) is 0 Å². The summed E-state index contributed by atoms with van der Waals surface area (Å²) in [6.07, 6.45) is 0. The standard InChI is InChI=1S/C10H17NO2/c1-8(2)11(3)6-9-4-5-10(7-12)13-9/h4-5,8,12H,6-7H2,1-3H3. The van der Waals surface area contributed by atoms with Crippen molar-refractivity contribution < 1.29 is 9.52 Å². The quantitative estimate of drug-likeness (QED) is 0.770. The van der Waals surface area contributed by atoms with Crippen LogP contribution in [0.5, 0.6) is 0 Å². The first kappa shape index (κ1) is 10.3. The lowest BCUT2D eigenvalue weighted by atomic mass is 10.3. The van der Waals surface area contributed by atoms with Gasteiger partial charge in [0.05, 0.1) is 6.54 Å². The fourth-order valence-electron chi connectivity index (χ4n) is 1.02. The molecule has 0 amide bonds. The lowest BCUT2D eigenvalue weighted by Gasteiger charge is -2.19. The molecule has 0 aliphatic carbocycles. The zero-order valence-electron chi connectivity index (χ0n) is 8.45. The van der Waals surface area contributed by atoms with Crippen LogP contribution in [0.25, 0.3) is 0 Å². The fourth-order valence-corrected chi connectivity index (χ4v) is 1.02. The SMILES string of the molecule is CC(C)N(C)Cc1ccc(CO)o1. The molecule has 0 spiro atoms. The van der Waals surface area contributed by atoms with Crippen LogP contribution >= 0.6 is 0 Å². The molecule has 0 radical (unpaired) electrons. The maximum absolute atomic E-state index is 8.79. The van der Waals surface area contributed by atoms with E-state index in [2.05, 4.69) is 18.7 Å². The highest BCUT2D eigenvalue weighted by molar-refractivity contribution is 5.06. The Balaban J connectivity index is 2.53. The van der Waals surface area contributed by atoms with Gasteiger partial charge >= 0.3 is 0 Å². The summed E-state index contributed by atoms with van der Waals surface area (Å²) in [5.74, 6) is 1.53. The lowest BCUT2D eigenvalue weighted by molar-refractivity contribution is 0.218. The van der Waals surface area contributed by atoms with Crippen LogP contribution < -0.4 is 0 Å². The summed E-state index contributed by atoms with van der Waals surface area (Å²) in [5, 5.41) is 8.79. The molecule has 0 aromatic carbocycles. The highest BCUT2D eigenvalue weighted by Gasteiger charge is 2.07. The number of furan rings is 1. The van der Waals surface area contributed by atoms with Crippen molar-refractivity contribution in [3.63, 3.8) is 0 Å². The second kappa shape index (κ2) is 4.44. The van der Waals surface area contributed by atoms with E-state index in [1.165, 1.54) is 0 Å². The third-order valence-electron chi connectivity index (χ3n) is 2.16. The molecule has 13 heavy (non-hydrogen) atoms. The number of hydrogen-bond donors (Lipinski definition) is 1. The minimum absolute atomic E-state index is 0.0224. The molecule has 0 saturated carbocycles. The van der Waals surface area contributed by atoms with Gasteiger partial charge in [-0.15, -0.1) is 0 Å². The number of nitrogens with zero attached hydrogens (tertiary/aromatic N) is 1. The van der Waals surface area contributed by atoms with E-state index in [0.29, 0.717) is 11.8 Å². The predicted octanol–water partition coefficient (Wildman–Crippen LogP) is 1.61. The van der Waals surface area contributed by atoms with E-state index in [0.717, 1.165) is 12.3 Å². The topological polar surface area (TPSA) is 36.6 Å². The molecule has 0 saturated heterocycles. The Bertz CT molecular complexity index is 255. The van der Waals surface area contributed by atoms with Crippen LogP contribution in [0.3, 0.4) is 0 Å². The molecule has 1 heterocycles. The summed E-state index contributed by atoms with van der Waals surface area (Å²) in [4.78, 5) is 2.18. The largest absolute Gasteiger partial charge is 0.462 e. The van der Waals surface area contributed by atoms with E-state index in [1.807, 2.05) is 19.2 Å².